The number of carboxylic acids is 2. The van der Waals surface area contributed by atoms with Gasteiger partial charge in [0.25, 0.3) is 0 Å². The summed E-state index contributed by atoms with van der Waals surface area (Å²) in [6, 6.07) is -2.23. The summed E-state index contributed by atoms with van der Waals surface area (Å²) in [6.45, 7) is 0.209. The van der Waals surface area contributed by atoms with Crippen LogP contribution in [0.3, 0.4) is 0 Å². The van der Waals surface area contributed by atoms with E-state index in [4.69, 9.17) is 10.2 Å². The molecule has 0 aromatic carbocycles. The van der Waals surface area contributed by atoms with E-state index in [2.05, 4.69) is 25.8 Å². The van der Waals surface area contributed by atoms with Crippen LogP contribution < -0.4 is 10.6 Å². The van der Waals surface area contributed by atoms with Gasteiger partial charge in [0.1, 0.15) is 18.2 Å². The number of hydrogen-bond donors (Lipinski definition) is 5. The number of carbonyl (C=O) groups excluding carboxylic acids is 1. The molecule has 1 aromatic heterocycles. The standard InChI is InChI=1S/C9H13N5O5/c15-7(16)3-5(8(17)18)13-9(19)10-2-1-6-11-4-12-14-6/h4-5H,1-3H2,(H,15,16)(H,17,18)(H2,10,13,19)(H,11,12,14). The average Bonchev–Trinajstić information content (AvgIpc) is 2.80. The molecule has 0 aliphatic heterocycles. The van der Waals surface area contributed by atoms with Crippen molar-refractivity contribution in [2.45, 2.75) is 18.9 Å². The Kier molecular flexibility index (Phi) is 5.26. The molecule has 1 unspecified atom stereocenters. The van der Waals surface area contributed by atoms with Gasteiger partial charge in [-0.1, -0.05) is 0 Å². The summed E-state index contributed by atoms with van der Waals surface area (Å²) in [5, 5.41) is 27.9. The third-order valence-electron chi connectivity index (χ3n) is 2.09. The molecule has 1 aromatic rings. The number of amides is 2. The summed E-state index contributed by atoms with van der Waals surface area (Å²) in [4.78, 5) is 36.3. The van der Waals surface area contributed by atoms with Gasteiger partial charge >= 0.3 is 18.0 Å². The Hall–Kier alpha value is -2.65. The van der Waals surface area contributed by atoms with Gasteiger partial charge in [-0.15, -0.1) is 0 Å². The van der Waals surface area contributed by atoms with Crippen molar-refractivity contribution in [3.05, 3.63) is 12.2 Å². The first-order valence-corrected chi connectivity index (χ1v) is 5.32. The fraction of sp³-hybridized carbons (Fsp3) is 0.444. The van der Waals surface area contributed by atoms with Crippen molar-refractivity contribution in [1.82, 2.24) is 25.8 Å². The molecular formula is C9H13N5O5. The summed E-state index contributed by atoms with van der Waals surface area (Å²) < 4.78 is 0. The highest BCUT2D eigenvalue weighted by atomic mass is 16.4. The van der Waals surface area contributed by atoms with Crippen molar-refractivity contribution in [2.24, 2.45) is 0 Å². The van der Waals surface area contributed by atoms with Gasteiger partial charge < -0.3 is 20.8 Å². The van der Waals surface area contributed by atoms with Gasteiger partial charge in [-0.05, 0) is 0 Å². The van der Waals surface area contributed by atoms with E-state index in [0.29, 0.717) is 12.2 Å². The van der Waals surface area contributed by atoms with Crippen LogP contribution in [0.4, 0.5) is 4.79 Å². The van der Waals surface area contributed by atoms with Crippen LogP contribution in [0.5, 0.6) is 0 Å². The normalized spacial score (nSPS) is 11.6. The van der Waals surface area contributed by atoms with Crippen molar-refractivity contribution < 1.29 is 24.6 Å². The molecule has 5 N–H and O–H groups in total. The molecule has 0 bridgehead atoms. The zero-order chi connectivity index (χ0) is 14.3. The van der Waals surface area contributed by atoms with Crippen molar-refractivity contribution >= 4 is 18.0 Å². The molecule has 19 heavy (non-hydrogen) atoms. The number of rotatable bonds is 7. The number of aliphatic carboxylic acids is 2. The van der Waals surface area contributed by atoms with Crippen LogP contribution >= 0.6 is 0 Å². The van der Waals surface area contributed by atoms with Crippen LogP contribution in [-0.2, 0) is 16.0 Å². The van der Waals surface area contributed by atoms with Gasteiger partial charge in [-0.25, -0.2) is 14.6 Å². The van der Waals surface area contributed by atoms with Gasteiger partial charge in [-0.2, -0.15) is 5.10 Å². The van der Waals surface area contributed by atoms with Gasteiger partial charge in [0.2, 0.25) is 0 Å². The van der Waals surface area contributed by atoms with Crippen molar-refractivity contribution in [1.29, 1.82) is 0 Å². The highest BCUT2D eigenvalue weighted by molar-refractivity contribution is 5.86. The van der Waals surface area contributed by atoms with Gasteiger partial charge in [-0.3, -0.25) is 9.89 Å². The summed E-state index contributed by atoms with van der Waals surface area (Å²) in [5.41, 5.74) is 0. The first-order valence-electron chi connectivity index (χ1n) is 5.32. The second-order valence-electron chi connectivity index (χ2n) is 3.57. The van der Waals surface area contributed by atoms with E-state index in [9.17, 15) is 14.4 Å². The molecule has 10 nitrogen and oxygen atoms in total. The molecule has 10 heteroatoms. The number of H-pyrrole nitrogens is 1. The number of aromatic nitrogens is 3. The number of carboxylic acid groups (broad SMARTS) is 2. The summed E-state index contributed by atoms with van der Waals surface area (Å²) in [7, 11) is 0. The van der Waals surface area contributed by atoms with E-state index in [1.807, 2.05) is 0 Å². The fourth-order valence-corrected chi connectivity index (χ4v) is 1.23. The van der Waals surface area contributed by atoms with Crippen LogP contribution in [-0.4, -0.2) is 56.0 Å². The second kappa shape index (κ2) is 6.93. The largest absolute Gasteiger partial charge is 0.481 e. The van der Waals surface area contributed by atoms with Crippen LogP contribution in [0.25, 0.3) is 0 Å². The Balaban J connectivity index is 2.32. The average molecular weight is 271 g/mol. The third kappa shape index (κ3) is 5.48. The molecule has 0 fully saturated rings. The van der Waals surface area contributed by atoms with Crippen LogP contribution in [0.15, 0.2) is 6.33 Å². The Morgan fingerprint density at radius 2 is 2.11 bits per heavy atom. The Labute approximate surface area is 107 Å². The number of hydrogen-bond acceptors (Lipinski definition) is 5. The van der Waals surface area contributed by atoms with Crippen LogP contribution in [0, 0.1) is 0 Å². The maximum Gasteiger partial charge on any atom is 0.326 e. The van der Waals surface area contributed by atoms with Crippen LogP contribution in [0.2, 0.25) is 0 Å². The highest BCUT2D eigenvalue weighted by Gasteiger charge is 2.22. The zero-order valence-electron chi connectivity index (χ0n) is 9.79. The van der Waals surface area contributed by atoms with Crippen molar-refractivity contribution in [3.8, 4) is 0 Å². The Morgan fingerprint density at radius 1 is 1.37 bits per heavy atom. The summed E-state index contributed by atoms with van der Waals surface area (Å²) in [6.07, 6.45) is 1.03. The fourth-order valence-electron chi connectivity index (χ4n) is 1.23. The lowest BCUT2D eigenvalue weighted by molar-refractivity contribution is -0.145. The molecule has 0 saturated heterocycles. The molecular weight excluding hydrogens is 258 g/mol. The molecule has 104 valence electrons. The molecule has 1 heterocycles. The van der Waals surface area contributed by atoms with Crippen LogP contribution in [0.1, 0.15) is 12.2 Å². The number of urea groups is 1. The Bertz CT molecular complexity index is 446. The predicted octanol–water partition coefficient (Wildman–Crippen LogP) is -1.43. The van der Waals surface area contributed by atoms with Crippen molar-refractivity contribution in [2.75, 3.05) is 6.54 Å². The lowest BCUT2D eigenvalue weighted by atomic mass is 10.2. The quantitative estimate of drug-likeness (QED) is 0.407. The number of carbonyl (C=O) groups is 3. The number of nitrogens with zero attached hydrogens (tertiary/aromatic N) is 2. The molecule has 2 amide bonds. The number of aromatic amines is 1. The van der Waals surface area contributed by atoms with E-state index in [1.54, 1.807) is 0 Å². The zero-order valence-corrected chi connectivity index (χ0v) is 9.79. The van der Waals surface area contributed by atoms with E-state index < -0.39 is 30.4 Å². The van der Waals surface area contributed by atoms with E-state index in [0.717, 1.165) is 0 Å². The smallest absolute Gasteiger partial charge is 0.326 e. The first kappa shape index (κ1) is 14.4. The molecule has 0 radical (unpaired) electrons. The SMILES string of the molecule is O=C(O)CC(NC(=O)NCCc1ncn[nH]1)C(=O)O. The molecule has 0 spiro atoms. The third-order valence-corrected chi connectivity index (χ3v) is 2.09. The van der Waals surface area contributed by atoms with Gasteiger partial charge in [0.05, 0.1) is 6.42 Å². The lowest BCUT2D eigenvalue weighted by Crippen LogP contribution is -2.47. The van der Waals surface area contributed by atoms with E-state index in [-0.39, 0.29) is 6.54 Å². The summed E-state index contributed by atoms with van der Waals surface area (Å²) >= 11 is 0. The predicted molar refractivity (Wildman–Crippen MR) is 60.3 cm³/mol. The topological polar surface area (TPSA) is 157 Å². The van der Waals surface area contributed by atoms with E-state index >= 15 is 0 Å². The maximum absolute atomic E-state index is 11.3. The summed E-state index contributed by atoms with van der Waals surface area (Å²) in [5.74, 6) is -2.15. The minimum Gasteiger partial charge on any atom is -0.481 e. The molecule has 1 atom stereocenters. The van der Waals surface area contributed by atoms with Gasteiger partial charge in [0.15, 0.2) is 0 Å². The van der Waals surface area contributed by atoms with E-state index in [1.165, 1.54) is 6.33 Å². The lowest BCUT2D eigenvalue weighted by Gasteiger charge is -2.12. The minimum atomic E-state index is -1.47. The first-order chi connectivity index (χ1) is 8.99. The molecule has 0 aliphatic rings. The van der Waals surface area contributed by atoms with Crippen molar-refractivity contribution in [3.63, 3.8) is 0 Å². The molecule has 0 saturated carbocycles. The minimum absolute atomic E-state index is 0.209. The number of nitrogens with one attached hydrogen (secondary N) is 3. The second-order valence-corrected chi connectivity index (χ2v) is 3.57. The molecule has 1 rings (SSSR count). The maximum atomic E-state index is 11.3. The molecule has 0 aliphatic carbocycles. The monoisotopic (exact) mass is 271 g/mol. The Morgan fingerprint density at radius 3 is 2.63 bits per heavy atom. The highest BCUT2D eigenvalue weighted by Crippen LogP contribution is 1.93. The van der Waals surface area contributed by atoms with Gasteiger partial charge in [0, 0.05) is 13.0 Å².